The summed E-state index contributed by atoms with van der Waals surface area (Å²) in [6.07, 6.45) is 7.49. The number of ether oxygens (including phenoxy) is 2. The highest BCUT2D eigenvalue weighted by Gasteiger charge is 2.40. The second kappa shape index (κ2) is 3.35. The molecule has 2 unspecified atom stereocenters. The highest BCUT2D eigenvalue weighted by molar-refractivity contribution is 4.81. The van der Waals surface area contributed by atoms with Crippen LogP contribution in [0.1, 0.15) is 45.4 Å². The molecular formula is C10H18O2. The Kier molecular flexibility index (Phi) is 2.37. The first-order valence-electron chi connectivity index (χ1n) is 5.16. The average Bonchev–Trinajstić information content (AvgIpc) is 2.53. The summed E-state index contributed by atoms with van der Waals surface area (Å²) in [5.74, 6) is -0.154. The molecule has 2 saturated heterocycles. The lowest BCUT2D eigenvalue weighted by Gasteiger charge is -2.37. The first kappa shape index (κ1) is 8.52. The van der Waals surface area contributed by atoms with Gasteiger partial charge in [-0.2, -0.15) is 0 Å². The van der Waals surface area contributed by atoms with Crippen molar-refractivity contribution in [3.63, 3.8) is 0 Å². The molecule has 2 heteroatoms. The predicted octanol–water partition coefficient (Wildman–Crippen LogP) is 2.47. The third-order valence-electron chi connectivity index (χ3n) is 2.99. The molecule has 2 aliphatic rings. The van der Waals surface area contributed by atoms with E-state index in [1.165, 1.54) is 19.3 Å². The first-order chi connectivity index (χ1) is 5.85. The van der Waals surface area contributed by atoms with Crippen LogP contribution in [0, 0.1) is 0 Å². The molecule has 0 N–H and O–H groups in total. The molecular weight excluding hydrogens is 152 g/mol. The molecule has 0 saturated carbocycles. The summed E-state index contributed by atoms with van der Waals surface area (Å²) in [6, 6.07) is 0. The Labute approximate surface area is 74.2 Å². The summed E-state index contributed by atoms with van der Waals surface area (Å²) in [6.45, 7) is 3.09. The van der Waals surface area contributed by atoms with Crippen LogP contribution in [0.15, 0.2) is 0 Å². The Morgan fingerprint density at radius 1 is 1.33 bits per heavy atom. The Morgan fingerprint density at radius 2 is 2.17 bits per heavy atom. The molecule has 0 radical (unpaired) electrons. The van der Waals surface area contributed by atoms with Crippen molar-refractivity contribution in [1.29, 1.82) is 0 Å². The van der Waals surface area contributed by atoms with Gasteiger partial charge in [-0.3, -0.25) is 0 Å². The smallest absolute Gasteiger partial charge is 0.168 e. The fourth-order valence-electron chi connectivity index (χ4n) is 2.27. The number of rotatable bonds is 1. The minimum absolute atomic E-state index is 0.154. The Bertz CT molecular complexity index is 150. The molecule has 2 aliphatic heterocycles. The molecule has 2 fully saturated rings. The van der Waals surface area contributed by atoms with Crippen molar-refractivity contribution in [3.8, 4) is 0 Å². The normalized spacial score (nSPS) is 42.2. The van der Waals surface area contributed by atoms with E-state index in [0.29, 0.717) is 6.10 Å². The maximum absolute atomic E-state index is 5.96. The lowest BCUT2D eigenvalue weighted by atomic mass is 9.98. The lowest BCUT2D eigenvalue weighted by Crippen LogP contribution is -2.39. The molecule has 2 atom stereocenters. The zero-order valence-corrected chi connectivity index (χ0v) is 7.84. The van der Waals surface area contributed by atoms with Gasteiger partial charge in [0, 0.05) is 12.8 Å². The predicted molar refractivity (Wildman–Crippen MR) is 46.9 cm³/mol. The standard InChI is InChI=1S/C10H18O2/c1-2-9-5-3-6-10(12-9)7-4-8-11-10/h9H,2-8H2,1H3. The average molecular weight is 170 g/mol. The van der Waals surface area contributed by atoms with Gasteiger partial charge < -0.3 is 9.47 Å². The van der Waals surface area contributed by atoms with E-state index in [2.05, 4.69) is 6.92 Å². The van der Waals surface area contributed by atoms with Gasteiger partial charge in [0.05, 0.1) is 12.7 Å². The zero-order valence-electron chi connectivity index (χ0n) is 7.84. The summed E-state index contributed by atoms with van der Waals surface area (Å²) < 4.78 is 11.7. The molecule has 2 nitrogen and oxygen atoms in total. The minimum Gasteiger partial charge on any atom is -0.350 e. The summed E-state index contributed by atoms with van der Waals surface area (Å²) in [5, 5.41) is 0. The van der Waals surface area contributed by atoms with Crippen LogP contribution >= 0.6 is 0 Å². The van der Waals surface area contributed by atoms with Crippen LogP contribution in [-0.4, -0.2) is 18.5 Å². The third kappa shape index (κ3) is 1.50. The highest BCUT2D eigenvalue weighted by Crippen LogP contribution is 2.38. The molecule has 1 spiro atoms. The summed E-state index contributed by atoms with van der Waals surface area (Å²) >= 11 is 0. The molecule has 2 rings (SSSR count). The van der Waals surface area contributed by atoms with Crippen LogP contribution in [0.2, 0.25) is 0 Å². The second-order valence-corrected chi connectivity index (χ2v) is 3.90. The fraction of sp³-hybridized carbons (Fsp3) is 1.00. The van der Waals surface area contributed by atoms with Gasteiger partial charge in [0.25, 0.3) is 0 Å². The quantitative estimate of drug-likeness (QED) is 0.602. The van der Waals surface area contributed by atoms with Gasteiger partial charge in [0.1, 0.15) is 0 Å². The Hall–Kier alpha value is -0.0800. The Morgan fingerprint density at radius 3 is 2.83 bits per heavy atom. The van der Waals surface area contributed by atoms with Crippen LogP contribution in [0.4, 0.5) is 0 Å². The van der Waals surface area contributed by atoms with Crippen molar-refractivity contribution >= 4 is 0 Å². The van der Waals surface area contributed by atoms with Crippen LogP contribution in [0.5, 0.6) is 0 Å². The maximum Gasteiger partial charge on any atom is 0.168 e. The van der Waals surface area contributed by atoms with Gasteiger partial charge in [0.2, 0.25) is 0 Å². The molecule has 0 aromatic heterocycles. The SMILES string of the molecule is CCC1CCCC2(CCCO2)O1. The van der Waals surface area contributed by atoms with Gasteiger partial charge in [0.15, 0.2) is 5.79 Å². The topological polar surface area (TPSA) is 18.5 Å². The van der Waals surface area contributed by atoms with Crippen molar-refractivity contribution < 1.29 is 9.47 Å². The van der Waals surface area contributed by atoms with Crippen LogP contribution in [0.3, 0.4) is 0 Å². The van der Waals surface area contributed by atoms with Crippen LogP contribution in [-0.2, 0) is 9.47 Å². The second-order valence-electron chi connectivity index (χ2n) is 3.90. The van der Waals surface area contributed by atoms with Gasteiger partial charge in [-0.15, -0.1) is 0 Å². The molecule has 0 bridgehead atoms. The van der Waals surface area contributed by atoms with E-state index in [-0.39, 0.29) is 5.79 Å². The van der Waals surface area contributed by atoms with E-state index >= 15 is 0 Å². The van der Waals surface area contributed by atoms with E-state index in [9.17, 15) is 0 Å². The van der Waals surface area contributed by atoms with Crippen LogP contribution in [0.25, 0.3) is 0 Å². The van der Waals surface area contributed by atoms with E-state index < -0.39 is 0 Å². The van der Waals surface area contributed by atoms with Crippen molar-refractivity contribution in [2.24, 2.45) is 0 Å². The third-order valence-corrected chi connectivity index (χ3v) is 2.99. The van der Waals surface area contributed by atoms with Crippen molar-refractivity contribution in [2.45, 2.75) is 57.3 Å². The molecule has 70 valence electrons. The summed E-state index contributed by atoms with van der Waals surface area (Å²) in [5.41, 5.74) is 0. The molecule has 0 aromatic rings. The highest BCUT2D eigenvalue weighted by atomic mass is 16.7. The van der Waals surface area contributed by atoms with E-state index in [1.54, 1.807) is 0 Å². The zero-order chi connectivity index (χ0) is 8.44. The lowest BCUT2D eigenvalue weighted by molar-refractivity contribution is -0.257. The number of hydrogen-bond acceptors (Lipinski definition) is 2. The minimum atomic E-state index is -0.154. The first-order valence-corrected chi connectivity index (χ1v) is 5.16. The van der Waals surface area contributed by atoms with Crippen molar-refractivity contribution in [2.75, 3.05) is 6.61 Å². The van der Waals surface area contributed by atoms with Crippen molar-refractivity contribution in [1.82, 2.24) is 0 Å². The molecule has 0 amide bonds. The molecule has 2 heterocycles. The van der Waals surface area contributed by atoms with E-state index in [4.69, 9.17) is 9.47 Å². The van der Waals surface area contributed by atoms with Gasteiger partial charge >= 0.3 is 0 Å². The molecule has 0 aliphatic carbocycles. The molecule has 0 aromatic carbocycles. The summed E-state index contributed by atoms with van der Waals surface area (Å²) in [4.78, 5) is 0. The van der Waals surface area contributed by atoms with Crippen molar-refractivity contribution in [3.05, 3.63) is 0 Å². The summed E-state index contributed by atoms with van der Waals surface area (Å²) in [7, 11) is 0. The largest absolute Gasteiger partial charge is 0.350 e. The van der Waals surface area contributed by atoms with E-state index in [0.717, 1.165) is 25.9 Å². The maximum atomic E-state index is 5.96. The van der Waals surface area contributed by atoms with Gasteiger partial charge in [-0.25, -0.2) is 0 Å². The van der Waals surface area contributed by atoms with Gasteiger partial charge in [-0.05, 0) is 25.7 Å². The van der Waals surface area contributed by atoms with E-state index in [1.807, 2.05) is 0 Å². The fourth-order valence-corrected chi connectivity index (χ4v) is 2.27. The Balaban J connectivity index is 1.97. The number of hydrogen-bond donors (Lipinski definition) is 0. The van der Waals surface area contributed by atoms with Gasteiger partial charge in [-0.1, -0.05) is 6.92 Å². The van der Waals surface area contributed by atoms with Crippen LogP contribution < -0.4 is 0 Å². The monoisotopic (exact) mass is 170 g/mol. The molecule has 12 heavy (non-hydrogen) atoms.